The van der Waals surface area contributed by atoms with Gasteiger partial charge in [-0.3, -0.25) is 4.79 Å². The van der Waals surface area contributed by atoms with Gasteiger partial charge in [0, 0.05) is 11.1 Å². The lowest BCUT2D eigenvalue weighted by atomic mass is 10.1. The summed E-state index contributed by atoms with van der Waals surface area (Å²) in [7, 11) is -0.349. The molecule has 4 heteroatoms. The molecule has 0 atom stereocenters. The summed E-state index contributed by atoms with van der Waals surface area (Å²) in [6.07, 6.45) is 0. The molecule has 0 fully saturated rings. The largest absolute Gasteiger partial charge is 0.423 e. The van der Waals surface area contributed by atoms with Gasteiger partial charge in [0.15, 0.2) is 15.5 Å². The maximum atomic E-state index is 12.9. The number of hydrogen-bond donors (Lipinski definition) is 0. The second-order valence-corrected chi connectivity index (χ2v) is 8.29. The van der Waals surface area contributed by atoms with Crippen LogP contribution >= 0.6 is 0 Å². The Morgan fingerprint density at radius 1 is 0.821 bits per heavy atom. The summed E-state index contributed by atoms with van der Waals surface area (Å²) in [5, 5.41) is 0. The zero-order valence-electron chi connectivity index (χ0n) is 15.6. The fourth-order valence-electron chi connectivity index (χ4n) is 2.59. The summed E-state index contributed by atoms with van der Waals surface area (Å²) in [6, 6.07) is 26.8. The number of rotatable bonds is 7. The van der Waals surface area contributed by atoms with Crippen LogP contribution in [0.15, 0.2) is 107 Å². The van der Waals surface area contributed by atoms with Crippen LogP contribution in [0, 0.1) is 0 Å². The standard InChI is InChI=1S/C24H21O3S/c1-18(2)24(26)27-20-15-13-19(14-16-20)23(25)17-28(21-9-5-3-6-10-21)22-11-7-4-8-12-22/h3-16H,1,17H2,2H3/q+1. The Morgan fingerprint density at radius 2 is 1.32 bits per heavy atom. The summed E-state index contributed by atoms with van der Waals surface area (Å²) in [6.45, 7) is 5.15. The fraction of sp³-hybridized carbons (Fsp3) is 0.0833. The Hall–Kier alpha value is -3.11. The molecule has 3 nitrogen and oxygen atoms in total. The molecule has 140 valence electrons. The Bertz CT molecular complexity index is 924. The van der Waals surface area contributed by atoms with Gasteiger partial charge in [-0.05, 0) is 55.5 Å². The Kier molecular flexibility index (Phi) is 6.45. The molecule has 0 amide bonds. The number of ether oxygens (including phenoxy) is 1. The van der Waals surface area contributed by atoms with Crippen molar-refractivity contribution in [2.75, 3.05) is 5.75 Å². The normalized spacial score (nSPS) is 10.5. The summed E-state index contributed by atoms with van der Waals surface area (Å²) < 4.78 is 5.18. The first kappa shape index (κ1) is 19.6. The van der Waals surface area contributed by atoms with E-state index in [-0.39, 0.29) is 16.7 Å². The van der Waals surface area contributed by atoms with Gasteiger partial charge >= 0.3 is 5.97 Å². The zero-order valence-corrected chi connectivity index (χ0v) is 16.4. The van der Waals surface area contributed by atoms with Crippen molar-refractivity contribution < 1.29 is 14.3 Å². The van der Waals surface area contributed by atoms with E-state index in [0.717, 1.165) is 9.79 Å². The van der Waals surface area contributed by atoms with Gasteiger partial charge in [0.25, 0.3) is 0 Å². The van der Waals surface area contributed by atoms with Crippen molar-refractivity contribution >= 4 is 22.6 Å². The monoisotopic (exact) mass is 389 g/mol. The Balaban J connectivity index is 1.79. The van der Waals surface area contributed by atoms with E-state index in [9.17, 15) is 9.59 Å². The number of ketones is 1. The van der Waals surface area contributed by atoms with Crippen LogP contribution in [0.3, 0.4) is 0 Å². The third kappa shape index (κ3) is 4.99. The van der Waals surface area contributed by atoms with Crippen molar-refractivity contribution in [3.63, 3.8) is 0 Å². The van der Waals surface area contributed by atoms with E-state index in [2.05, 4.69) is 30.8 Å². The zero-order chi connectivity index (χ0) is 19.9. The van der Waals surface area contributed by atoms with Gasteiger partial charge in [0.05, 0.1) is 10.9 Å². The summed E-state index contributed by atoms with van der Waals surface area (Å²) >= 11 is 0. The van der Waals surface area contributed by atoms with E-state index >= 15 is 0 Å². The van der Waals surface area contributed by atoms with E-state index in [1.807, 2.05) is 36.4 Å². The van der Waals surface area contributed by atoms with E-state index < -0.39 is 5.97 Å². The van der Waals surface area contributed by atoms with Crippen molar-refractivity contribution in [2.24, 2.45) is 0 Å². The second kappa shape index (κ2) is 9.20. The van der Waals surface area contributed by atoms with Crippen molar-refractivity contribution in [1.82, 2.24) is 0 Å². The highest BCUT2D eigenvalue weighted by atomic mass is 32.2. The van der Waals surface area contributed by atoms with Crippen LogP contribution in [0.1, 0.15) is 17.3 Å². The topological polar surface area (TPSA) is 43.4 Å². The molecule has 0 heterocycles. The fourth-order valence-corrected chi connectivity index (χ4v) is 4.60. The molecule has 0 unspecified atom stereocenters. The minimum absolute atomic E-state index is 0.0498. The molecule has 0 saturated heterocycles. The van der Waals surface area contributed by atoms with Crippen LogP contribution < -0.4 is 4.74 Å². The predicted molar refractivity (Wildman–Crippen MR) is 113 cm³/mol. The van der Waals surface area contributed by atoms with E-state index in [1.165, 1.54) is 0 Å². The number of esters is 1. The van der Waals surface area contributed by atoms with E-state index in [1.54, 1.807) is 31.2 Å². The van der Waals surface area contributed by atoms with Gasteiger partial charge in [-0.2, -0.15) is 0 Å². The second-order valence-electron chi connectivity index (χ2n) is 6.28. The lowest BCUT2D eigenvalue weighted by molar-refractivity contribution is -0.130. The van der Waals surface area contributed by atoms with Gasteiger partial charge in [-0.1, -0.05) is 43.0 Å². The minimum atomic E-state index is -0.478. The summed E-state index contributed by atoms with van der Waals surface area (Å²) in [5.41, 5.74) is 0.925. The van der Waals surface area contributed by atoms with E-state index in [0.29, 0.717) is 22.6 Å². The quantitative estimate of drug-likeness (QED) is 0.186. The maximum Gasteiger partial charge on any atom is 0.338 e. The van der Waals surface area contributed by atoms with Crippen LogP contribution in [0.4, 0.5) is 0 Å². The third-order valence-electron chi connectivity index (χ3n) is 4.07. The summed E-state index contributed by atoms with van der Waals surface area (Å²) in [4.78, 5) is 26.8. The predicted octanol–water partition coefficient (Wildman–Crippen LogP) is 5.09. The Labute approximate surface area is 168 Å². The molecule has 0 aliphatic carbocycles. The van der Waals surface area contributed by atoms with Gasteiger partial charge in [0.2, 0.25) is 5.78 Å². The molecule has 0 spiro atoms. The van der Waals surface area contributed by atoms with Crippen molar-refractivity contribution in [1.29, 1.82) is 0 Å². The molecule has 0 saturated carbocycles. The first-order chi connectivity index (χ1) is 13.5. The molecule has 0 aromatic heterocycles. The highest BCUT2D eigenvalue weighted by Crippen LogP contribution is 2.25. The molecule has 3 rings (SSSR count). The number of hydrogen-bond acceptors (Lipinski definition) is 3. The number of benzene rings is 3. The van der Waals surface area contributed by atoms with Gasteiger partial charge in [-0.15, -0.1) is 0 Å². The van der Waals surface area contributed by atoms with Crippen LogP contribution in [0.25, 0.3) is 0 Å². The van der Waals surface area contributed by atoms with E-state index in [4.69, 9.17) is 4.74 Å². The highest BCUT2D eigenvalue weighted by Gasteiger charge is 2.28. The molecular formula is C24H21O3S+. The van der Waals surface area contributed by atoms with Crippen LogP contribution in [-0.4, -0.2) is 17.5 Å². The molecular weight excluding hydrogens is 368 g/mol. The molecule has 0 radical (unpaired) electrons. The third-order valence-corrected chi connectivity index (χ3v) is 6.30. The number of Topliss-reactive ketones (excluding diaryl/α,β-unsaturated/α-hetero) is 1. The van der Waals surface area contributed by atoms with Gasteiger partial charge in [-0.25, -0.2) is 4.79 Å². The molecule has 0 bridgehead atoms. The average molecular weight is 389 g/mol. The van der Waals surface area contributed by atoms with Crippen molar-refractivity contribution in [2.45, 2.75) is 16.7 Å². The molecule has 0 aliphatic rings. The lowest BCUT2D eigenvalue weighted by Gasteiger charge is -2.08. The first-order valence-electron chi connectivity index (χ1n) is 8.86. The van der Waals surface area contributed by atoms with Crippen LogP contribution in [0.2, 0.25) is 0 Å². The molecule has 0 aliphatic heterocycles. The first-order valence-corrected chi connectivity index (χ1v) is 10.3. The lowest BCUT2D eigenvalue weighted by Crippen LogP contribution is -2.17. The van der Waals surface area contributed by atoms with Gasteiger partial charge < -0.3 is 4.74 Å². The average Bonchev–Trinajstić information content (AvgIpc) is 2.73. The van der Waals surface area contributed by atoms with Crippen LogP contribution in [0.5, 0.6) is 5.75 Å². The van der Waals surface area contributed by atoms with Crippen LogP contribution in [-0.2, 0) is 15.7 Å². The minimum Gasteiger partial charge on any atom is -0.423 e. The maximum absolute atomic E-state index is 12.9. The number of carbonyl (C=O) groups is 2. The number of carbonyl (C=O) groups excluding carboxylic acids is 2. The SMILES string of the molecule is C=C(C)C(=O)Oc1ccc(C(=O)C[S+](c2ccccc2)c2ccccc2)cc1. The van der Waals surface area contributed by atoms with Crippen molar-refractivity contribution in [3.8, 4) is 5.75 Å². The molecule has 3 aromatic carbocycles. The Morgan fingerprint density at radius 3 is 1.79 bits per heavy atom. The molecule has 0 N–H and O–H groups in total. The smallest absolute Gasteiger partial charge is 0.338 e. The highest BCUT2D eigenvalue weighted by molar-refractivity contribution is 7.97. The van der Waals surface area contributed by atoms with Crippen molar-refractivity contribution in [3.05, 3.63) is 103 Å². The summed E-state index contributed by atoms with van der Waals surface area (Å²) in [5.74, 6) is 0.358. The molecule has 3 aromatic rings. The van der Waals surface area contributed by atoms with Gasteiger partial charge in [0.1, 0.15) is 5.75 Å². The molecule has 28 heavy (non-hydrogen) atoms.